The highest BCUT2D eigenvalue weighted by Crippen LogP contribution is 2.25. The first-order chi connectivity index (χ1) is 11.6. The molecule has 128 valence electrons. The summed E-state index contributed by atoms with van der Waals surface area (Å²) in [4.78, 5) is 18.4. The smallest absolute Gasteiger partial charge is 0.291 e. The molecule has 0 saturated carbocycles. The van der Waals surface area contributed by atoms with Gasteiger partial charge in [0.1, 0.15) is 5.82 Å². The molecule has 1 aromatic heterocycles. The molecular formula is C18H21FN2O3. The molecular weight excluding hydrogens is 311 g/mol. The van der Waals surface area contributed by atoms with Gasteiger partial charge in [0, 0.05) is 26.1 Å². The molecule has 1 amide bonds. The van der Waals surface area contributed by atoms with Crippen LogP contribution in [0.25, 0.3) is 0 Å². The van der Waals surface area contributed by atoms with E-state index < -0.39 is 0 Å². The Morgan fingerprint density at radius 2 is 2.17 bits per heavy atom. The second kappa shape index (κ2) is 7.13. The van der Waals surface area contributed by atoms with Crippen LogP contribution in [0.15, 0.2) is 35.1 Å². The molecule has 1 aliphatic rings. The van der Waals surface area contributed by atoms with E-state index in [1.807, 2.05) is 0 Å². The van der Waals surface area contributed by atoms with Gasteiger partial charge >= 0.3 is 0 Å². The Bertz CT molecular complexity index is 699. The van der Waals surface area contributed by atoms with Gasteiger partial charge in [-0.05, 0) is 37.5 Å². The number of halogens is 1. The molecule has 0 N–H and O–H groups in total. The van der Waals surface area contributed by atoms with Gasteiger partial charge in [-0.15, -0.1) is 0 Å². The fraction of sp³-hybridized carbons (Fsp3) is 0.444. The van der Waals surface area contributed by atoms with Crippen LogP contribution in [0.5, 0.6) is 0 Å². The first-order valence-corrected chi connectivity index (χ1v) is 8.05. The summed E-state index contributed by atoms with van der Waals surface area (Å²) in [5.41, 5.74) is 1.64. The minimum absolute atomic E-state index is 0.0786. The van der Waals surface area contributed by atoms with Gasteiger partial charge in [0.25, 0.3) is 5.91 Å². The van der Waals surface area contributed by atoms with E-state index in [0.717, 1.165) is 18.4 Å². The lowest BCUT2D eigenvalue weighted by atomic mass is 9.88. The number of aryl methyl sites for hydroxylation is 1. The number of benzene rings is 1. The molecule has 1 saturated heterocycles. The number of carbonyl (C=O) groups excluding carboxylic acids is 1. The number of aromatic nitrogens is 1. The van der Waals surface area contributed by atoms with Crippen LogP contribution >= 0.6 is 0 Å². The molecule has 5 nitrogen and oxygen atoms in total. The zero-order valence-corrected chi connectivity index (χ0v) is 13.9. The van der Waals surface area contributed by atoms with Gasteiger partial charge < -0.3 is 14.1 Å². The van der Waals surface area contributed by atoms with E-state index in [4.69, 9.17) is 9.15 Å². The van der Waals surface area contributed by atoms with Crippen LogP contribution in [0.2, 0.25) is 0 Å². The average Bonchev–Trinajstić information content (AvgIpc) is 3.02. The number of ether oxygens (including phenoxy) is 1. The summed E-state index contributed by atoms with van der Waals surface area (Å²) in [5.74, 6) is 0.0692. The standard InChI is InChI=1S/C18H21FN2O3/c1-12-17(24-11-20-12)18(22)21-8-7-16(23-2)14(10-21)9-13-3-5-15(19)6-4-13/h3-6,11,14,16H,7-10H2,1-2H3/t14-,16-/m1/s1. The molecule has 2 atom stereocenters. The van der Waals surface area contributed by atoms with Crippen molar-refractivity contribution in [3.8, 4) is 0 Å². The Hall–Kier alpha value is -2.21. The SMILES string of the molecule is CO[C@@H]1CCN(C(=O)c2ocnc2C)C[C@H]1Cc1ccc(F)cc1. The second-order valence-corrected chi connectivity index (χ2v) is 6.17. The third kappa shape index (κ3) is 3.48. The molecule has 24 heavy (non-hydrogen) atoms. The lowest BCUT2D eigenvalue weighted by Crippen LogP contribution is -2.47. The maximum atomic E-state index is 13.1. The summed E-state index contributed by atoms with van der Waals surface area (Å²) in [7, 11) is 1.69. The highest BCUT2D eigenvalue weighted by molar-refractivity contribution is 5.92. The monoisotopic (exact) mass is 332 g/mol. The van der Waals surface area contributed by atoms with Gasteiger partial charge in [0.15, 0.2) is 6.39 Å². The number of hydrogen-bond acceptors (Lipinski definition) is 4. The number of rotatable bonds is 4. The molecule has 2 heterocycles. The number of oxazole rings is 1. The Kier molecular flexibility index (Phi) is 4.94. The summed E-state index contributed by atoms with van der Waals surface area (Å²) >= 11 is 0. The van der Waals surface area contributed by atoms with Crippen molar-refractivity contribution < 1.29 is 18.3 Å². The molecule has 0 aliphatic carbocycles. The summed E-state index contributed by atoms with van der Waals surface area (Å²) in [6.07, 6.45) is 2.87. The third-order valence-corrected chi connectivity index (χ3v) is 4.61. The quantitative estimate of drug-likeness (QED) is 0.864. The van der Waals surface area contributed by atoms with E-state index in [9.17, 15) is 9.18 Å². The van der Waals surface area contributed by atoms with Gasteiger partial charge in [-0.1, -0.05) is 12.1 Å². The minimum atomic E-state index is -0.247. The molecule has 1 fully saturated rings. The lowest BCUT2D eigenvalue weighted by Gasteiger charge is -2.37. The maximum Gasteiger partial charge on any atom is 0.291 e. The molecule has 1 aromatic carbocycles. The summed E-state index contributed by atoms with van der Waals surface area (Å²) < 4.78 is 23.9. The molecule has 0 bridgehead atoms. The topological polar surface area (TPSA) is 55.6 Å². The zero-order valence-electron chi connectivity index (χ0n) is 13.9. The number of carbonyl (C=O) groups is 1. The Morgan fingerprint density at radius 1 is 1.42 bits per heavy atom. The fourth-order valence-electron chi connectivity index (χ4n) is 3.28. The van der Waals surface area contributed by atoms with Gasteiger partial charge in [-0.25, -0.2) is 9.37 Å². The van der Waals surface area contributed by atoms with Crippen molar-refractivity contribution in [3.05, 3.63) is 53.5 Å². The highest BCUT2D eigenvalue weighted by Gasteiger charge is 2.33. The van der Waals surface area contributed by atoms with Crippen molar-refractivity contribution in [2.45, 2.75) is 25.9 Å². The summed E-state index contributed by atoms with van der Waals surface area (Å²) in [6, 6.07) is 6.48. The van der Waals surface area contributed by atoms with Gasteiger partial charge in [0.2, 0.25) is 5.76 Å². The Balaban J connectivity index is 1.73. The molecule has 0 radical (unpaired) electrons. The van der Waals surface area contributed by atoms with Crippen molar-refractivity contribution in [3.63, 3.8) is 0 Å². The van der Waals surface area contributed by atoms with E-state index in [-0.39, 0.29) is 23.7 Å². The van der Waals surface area contributed by atoms with E-state index in [2.05, 4.69) is 4.98 Å². The number of methoxy groups -OCH3 is 1. The number of nitrogens with zero attached hydrogens (tertiary/aromatic N) is 2. The van der Waals surface area contributed by atoms with Crippen LogP contribution < -0.4 is 0 Å². The lowest BCUT2D eigenvalue weighted by molar-refractivity contribution is -0.00392. The van der Waals surface area contributed by atoms with E-state index in [1.54, 1.807) is 31.1 Å². The summed E-state index contributed by atoms with van der Waals surface area (Å²) in [5, 5.41) is 0. The number of piperidine rings is 1. The fourth-order valence-corrected chi connectivity index (χ4v) is 3.28. The first-order valence-electron chi connectivity index (χ1n) is 8.05. The number of likely N-dealkylation sites (tertiary alicyclic amines) is 1. The largest absolute Gasteiger partial charge is 0.438 e. The maximum absolute atomic E-state index is 13.1. The van der Waals surface area contributed by atoms with Crippen LogP contribution in [-0.2, 0) is 11.2 Å². The third-order valence-electron chi connectivity index (χ3n) is 4.61. The molecule has 0 unspecified atom stereocenters. The van der Waals surface area contributed by atoms with Crippen molar-refractivity contribution in [1.82, 2.24) is 9.88 Å². The molecule has 0 spiro atoms. The van der Waals surface area contributed by atoms with Crippen molar-refractivity contribution >= 4 is 5.91 Å². The Labute approximate surface area is 140 Å². The first kappa shape index (κ1) is 16.6. The summed E-state index contributed by atoms with van der Waals surface area (Å²) in [6.45, 7) is 2.96. The highest BCUT2D eigenvalue weighted by atomic mass is 19.1. The average molecular weight is 332 g/mol. The van der Waals surface area contributed by atoms with Gasteiger partial charge in [-0.3, -0.25) is 4.79 Å². The zero-order chi connectivity index (χ0) is 17.1. The minimum Gasteiger partial charge on any atom is -0.438 e. The van der Waals surface area contributed by atoms with Crippen LogP contribution in [0.1, 0.15) is 28.2 Å². The van der Waals surface area contributed by atoms with Crippen LogP contribution in [0.4, 0.5) is 4.39 Å². The van der Waals surface area contributed by atoms with E-state index in [0.29, 0.717) is 24.5 Å². The predicted octanol–water partition coefficient (Wildman–Crippen LogP) is 2.84. The van der Waals surface area contributed by atoms with Gasteiger partial charge in [0.05, 0.1) is 11.8 Å². The van der Waals surface area contributed by atoms with Crippen molar-refractivity contribution in [2.75, 3.05) is 20.2 Å². The van der Waals surface area contributed by atoms with Crippen LogP contribution in [0.3, 0.4) is 0 Å². The molecule has 6 heteroatoms. The Morgan fingerprint density at radius 3 is 2.79 bits per heavy atom. The molecule has 2 aromatic rings. The normalized spacial score (nSPS) is 21.0. The van der Waals surface area contributed by atoms with Crippen LogP contribution in [0, 0.1) is 18.7 Å². The molecule has 3 rings (SSSR count). The number of hydrogen-bond donors (Lipinski definition) is 0. The number of amides is 1. The van der Waals surface area contributed by atoms with Crippen molar-refractivity contribution in [2.24, 2.45) is 5.92 Å². The predicted molar refractivity (Wildman–Crippen MR) is 86.2 cm³/mol. The van der Waals surface area contributed by atoms with Gasteiger partial charge in [-0.2, -0.15) is 0 Å². The molecule has 1 aliphatic heterocycles. The van der Waals surface area contributed by atoms with Crippen LogP contribution in [-0.4, -0.2) is 42.1 Å². The van der Waals surface area contributed by atoms with E-state index in [1.165, 1.54) is 18.5 Å². The second-order valence-electron chi connectivity index (χ2n) is 6.17. The van der Waals surface area contributed by atoms with Crippen molar-refractivity contribution in [1.29, 1.82) is 0 Å². The van der Waals surface area contributed by atoms with E-state index >= 15 is 0 Å².